The van der Waals surface area contributed by atoms with Crippen LogP contribution in [0.1, 0.15) is 50.8 Å². The lowest BCUT2D eigenvalue weighted by Gasteiger charge is -2.41. The fraction of sp³-hybridized carbons (Fsp3) is 0.462. The van der Waals surface area contributed by atoms with E-state index in [9.17, 15) is 4.79 Å². The van der Waals surface area contributed by atoms with E-state index < -0.39 is 26.6 Å². The molecule has 1 aromatic heterocycles. The number of methoxy groups -OCH3 is 1. The molecule has 1 aromatic carbocycles. The average molecular weight is 503 g/mol. The quantitative estimate of drug-likeness (QED) is 0.247. The third-order valence-corrected chi connectivity index (χ3v) is 10.7. The maximum absolute atomic E-state index is 11.8. The Morgan fingerprint density at radius 3 is 2.35 bits per heavy atom. The molecule has 2 rings (SSSR count). The fourth-order valence-corrected chi connectivity index (χ4v) is 4.43. The highest BCUT2D eigenvalue weighted by atomic mass is 35.5. The monoisotopic (exact) mass is 502 g/mol. The van der Waals surface area contributed by atoms with Crippen LogP contribution in [0.3, 0.4) is 0 Å². The van der Waals surface area contributed by atoms with Crippen molar-refractivity contribution in [3.8, 4) is 17.6 Å². The molecule has 0 spiro atoms. The maximum atomic E-state index is 11.8. The number of primary amides is 1. The summed E-state index contributed by atoms with van der Waals surface area (Å²) in [6.07, 6.45) is 1.30. The number of carbonyl (C=O) groups is 1. The highest BCUT2D eigenvalue weighted by Crippen LogP contribution is 2.41. The molecule has 0 radical (unpaired) electrons. The Hall–Kier alpha value is -2.53. The lowest BCUT2D eigenvalue weighted by atomic mass is 10.0. The lowest BCUT2D eigenvalue weighted by Crippen LogP contribution is -2.45. The lowest BCUT2D eigenvalue weighted by molar-refractivity contribution is 0.00808. The number of nitrogens with zero attached hydrogens (tertiary/aromatic N) is 1. The van der Waals surface area contributed by atoms with Crippen molar-refractivity contribution in [2.24, 2.45) is 5.73 Å². The standard InChI is InChI=1S/C26H35ClN2O4Si/c1-26(2,3)34(5,6)33-24(20-14-17-23(27)29-18-20)22(32-25(28)30)11-9-7-8-10-19-12-15-21(31-4)16-13-19/h12-18,22,24H,9-11H2,1-6H3,(H2,28,30)/t22-,24-/m1/s1. The topological polar surface area (TPSA) is 83.7 Å². The van der Waals surface area contributed by atoms with Crippen molar-refractivity contribution in [3.63, 3.8) is 0 Å². The molecule has 1 amide bonds. The van der Waals surface area contributed by atoms with Gasteiger partial charge in [0.25, 0.3) is 0 Å². The number of hydrogen-bond acceptors (Lipinski definition) is 5. The third-order valence-electron chi connectivity index (χ3n) is 6.04. The summed E-state index contributed by atoms with van der Waals surface area (Å²) in [6.45, 7) is 10.8. The van der Waals surface area contributed by atoms with Crippen molar-refractivity contribution >= 4 is 26.0 Å². The highest BCUT2D eigenvalue weighted by Gasteiger charge is 2.42. The van der Waals surface area contributed by atoms with E-state index in [1.165, 1.54) is 0 Å². The smallest absolute Gasteiger partial charge is 0.404 e. The van der Waals surface area contributed by atoms with E-state index in [0.717, 1.165) is 16.9 Å². The normalized spacial score (nSPS) is 13.4. The van der Waals surface area contributed by atoms with Crippen LogP contribution in [0.5, 0.6) is 5.75 Å². The first-order chi connectivity index (χ1) is 15.9. The molecule has 0 aliphatic carbocycles. The SMILES string of the molecule is COc1ccc(CC#CCC[C@@H](OC(N)=O)[C@H](O[Si](C)(C)C(C)(C)C)c2ccc(Cl)nc2)cc1. The van der Waals surface area contributed by atoms with E-state index in [1.807, 2.05) is 30.3 Å². The number of halogens is 1. The predicted octanol–water partition coefficient (Wildman–Crippen LogP) is 6.30. The Morgan fingerprint density at radius 2 is 1.82 bits per heavy atom. The zero-order chi connectivity index (χ0) is 25.4. The van der Waals surface area contributed by atoms with Crippen LogP contribution in [0.25, 0.3) is 0 Å². The van der Waals surface area contributed by atoms with Crippen molar-refractivity contribution in [2.75, 3.05) is 7.11 Å². The number of aromatic nitrogens is 1. The molecule has 0 unspecified atom stereocenters. The molecule has 184 valence electrons. The number of ether oxygens (including phenoxy) is 2. The average Bonchev–Trinajstić information content (AvgIpc) is 2.76. The van der Waals surface area contributed by atoms with Gasteiger partial charge in [-0.2, -0.15) is 0 Å². The first-order valence-corrected chi connectivity index (χ1v) is 14.6. The summed E-state index contributed by atoms with van der Waals surface area (Å²) in [5, 5.41) is 0.340. The molecule has 0 saturated heterocycles. The molecule has 0 bridgehead atoms. The van der Waals surface area contributed by atoms with Gasteiger partial charge in [0, 0.05) is 24.6 Å². The zero-order valence-electron chi connectivity index (χ0n) is 20.9. The minimum Gasteiger partial charge on any atom is -0.497 e. The van der Waals surface area contributed by atoms with Crippen molar-refractivity contribution < 1.29 is 18.7 Å². The molecule has 2 atom stereocenters. The van der Waals surface area contributed by atoms with Crippen LogP contribution >= 0.6 is 11.6 Å². The first kappa shape index (κ1) is 27.7. The Balaban J connectivity index is 2.20. The van der Waals surface area contributed by atoms with E-state index in [4.69, 9.17) is 31.2 Å². The number of carbonyl (C=O) groups excluding carboxylic acids is 1. The van der Waals surface area contributed by atoms with E-state index in [2.05, 4.69) is 50.7 Å². The van der Waals surface area contributed by atoms with Crippen LogP contribution in [0, 0.1) is 11.8 Å². The van der Waals surface area contributed by atoms with Gasteiger partial charge < -0.3 is 19.6 Å². The van der Waals surface area contributed by atoms with E-state index in [0.29, 0.717) is 24.4 Å². The van der Waals surface area contributed by atoms with Crippen LogP contribution < -0.4 is 10.5 Å². The van der Waals surface area contributed by atoms with Gasteiger partial charge in [-0.05, 0) is 48.3 Å². The van der Waals surface area contributed by atoms with Gasteiger partial charge in [-0.3, -0.25) is 0 Å². The van der Waals surface area contributed by atoms with Gasteiger partial charge in [-0.15, -0.1) is 5.92 Å². The number of hydrogen-bond donors (Lipinski definition) is 1. The molecular weight excluding hydrogens is 468 g/mol. The predicted molar refractivity (Wildman–Crippen MR) is 138 cm³/mol. The Morgan fingerprint density at radius 1 is 1.15 bits per heavy atom. The molecule has 6 nitrogen and oxygen atoms in total. The molecule has 0 aliphatic heterocycles. The maximum Gasteiger partial charge on any atom is 0.404 e. The Kier molecular flexibility index (Phi) is 9.99. The summed E-state index contributed by atoms with van der Waals surface area (Å²) in [7, 11) is -0.583. The largest absolute Gasteiger partial charge is 0.497 e. The molecule has 0 fully saturated rings. The molecule has 8 heteroatoms. The minimum atomic E-state index is -2.22. The van der Waals surface area contributed by atoms with Gasteiger partial charge in [0.05, 0.1) is 7.11 Å². The Bertz CT molecular complexity index is 993. The van der Waals surface area contributed by atoms with Gasteiger partial charge >= 0.3 is 6.09 Å². The van der Waals surface area contributed by atoms with Gasteiger partial charge in [-0.25, -0.2) is 9.78 Å². The molecular formula is C26H35ClN2O4Si. The molecule has 0 aliphatic rings. The second-order valence-corrected chi connectivity index (χ2v) is 14.7. The number of rotatable bonds is 9. The van der Waals surface area contributed by atoms with Gasteiger partial charge in [0.15, 0.2) is 8.32 Å². The second-order valence-electron chi connectivity index (χ2n) is 9.61. The van der Waals surface area contributed by atoms with Crippen LogP contribution in [-0.4, -0.2) is 32.6 Å². The molecule has 2 N–H and O–H groups in total. The Labute approximate surface area is 209 Å². The number of nitrogens with two attached hydrogens (primary N) is 1. The van der Waals surface area contributed by atoms with E-state index >= 15 is 0 Å². The van der Waals surface area contributed by atoms with Gasteiger partial charge in [-0.1, -0.05) is 56.5 Å². The summed E-state index contributed by atoms with van der Waals surface area (Å²) >= 11 is 6.00. The number of benzene rings is 1. The second kappa shape index (κ2) is 12.3. The summed E-state index contributed by atoms with van der Waals surface area (Å²) < 4.78 is 17.4. The summed E-state index contributed by atoms with van der Waals surface area (Å²) in [4.78, 5) is 16.0. The van der Waals surface area contributed by atoms with Crippen molar-refractivity contribution in [3.05, 3.63) is 58.9 Å². The third kappa shape index (κ3) is 8.35. The van der Waals surface area contributed by atoms with Crippen LogP contribution in [0.4, 0.5) is 4.79 Å². The summed E-state index contributed by atoms with van der Waals surface area (Å²) in [5.74, 6) is 7.18. The van der Waals surface area contributed by atoms with Gasteiger partial charge in [0.1, 0.15) is 23.1 Å². The number of amides is 1. The first-order valence-electron chi connectivity index (χ1n) is 11.3. The van der Waals surface area contributed by atoms with Crippen molar-refractivity contribution in [2.45, 2.75) is 70.4 Å². The van der Waals surface area contributed by atoms with E-state index in [-0.39, 0.29) is 5.04 Å². The molecule has 0 saturated carbocycles. The van der Waals surface area contributed by atoms with Gasteiger partial charge in [0.2, 0.25) is 0 Å². The molecule has 2 aromatic rings. The van der Waals surface area contributed by atoms with Crippen molar-refractivity contribution in [1.82, 2.24) is 4.98 Å². The fourth-order valence-electron chi connectivity index (χ4n) is 3.04. The van der Waals surface area contributed by atoms with Crippen LogP contribution in [0.15, 0.2) is 42.6 Å². The minimum absolute atomic E-state index is 0.0411. The molecule has 1 heterocycles. The van der Waals surface area contributed by atoms with Crippen LogP contribution in [-0.2, 0) is 15.6 Å². The van der Waals surface area contributed by atoms with Crippen molar-refractivity contribution in [1.29, 1.82) is 0 Å². The summed E-state index contributed by atoms with van der Waals surface area (Å²) in [6, 6.07) is 11.4. The molecule has 34 heavy (non-hydrogen) atoms. The summed E-state index contributed by atoms with van der Waals surface area (Å²) in [5.41, 5.74) is 7.31. The van der Waals surface area contributed by atoms with Crippen LogP contribution in [0.2, 0.25) is 23.3 Å². The highest BCUT2D eigenvalue weighted by molar-refractivity contribution is 6.74. The zero-order valence-corrected chi connectivity index (χ0v) is 22.6. The number of pyridine rings is 1. The van der Waals surface area contributed by atoms with E-state index in [1.54, 1.807) is 19.4 Å².